The van der Waals surface area contributed by atoms with E-state index in [4.69, 9.17) is 0 Å². The standard InChI is InChI=1S/C18H24N2O2S/c1-13-6-2-3-7-14(13)19-17(21)10-11-20-15-8-4-5-9-16(15)23-12-18(20)22/h4-5,8-9,13-14H,2-3,6-7,10-12H2,1H3,(H,19,21)/t13-,14+/m0/s1. The van der Waals surface area contributed by atoms with Crippen LogP contribution in [0.5, 0.6) is 0 Å². The molecule has 4 nitrogen and oxygen atoms in total. The molecule has 0 saturated heterocycles. The summed E-state index contributed by atoms with van der Waals surface area (Å²) in [6.07, 6.45) is 5.11. The third-order valence-electron chi connectivity index (χ3n) is 4.83. The molecule has 1 aliphatic carbocycles. The molecule has 23 heavy (non-hydrogen) atoms. The van der Waals surface area contributed by atoms with Crippen LogP contribution in [0.3, 0.4) is 0 Å². The van der Waals surface area contributed by atoms with Crippen molar-refractivity contribution in [3.05, 3.63) is 24.3 Å². The van der Waals surface area contributed by atoms with Gasteiger partial charge in [0.1, 0.15) is 0 Å². The molecule has 1 saturated carbocycles. The first kappa shape index (κ1) is 16.4. The Balaban J connectivity index is 1.57. The summed E-state index contributed by atoms with van der Waals surface area (Å²) in [5.74, 6) is 1.17. The number of hydrogen-bond donors (Lipinski definition) is 1. The monoisotopic (exact) mass is 332 g/mol. The predicted octanol–water partition coefficient (Wildman–Crippen LogP) is 3.21. The van der Waals surface area contributed by atoms with Gasteiger partial charge in [0, 0.05) is 23.9 Å². The molecule has 0 radical (unpaired) electrons. The Morgan fingerprint density at radius 3 is 2.91 bits per heavy atom. The summed E-state index contributed by atoms with van der Waals surface area (Å²) >= 11 is 1.57. The number of benzene rings is 1. The zero-order valence-corrected chi connectivity index (χ0v) is 14.4. The number of rotatable bonds is 4. The predicted molar refractivity (Wildman–Crippen MR) is 93.7 cm³/mol. The van der Waals surface area contributed by atoms with Gasteiger partial charge in [-0.3, -0.25) is 9.59 Å². The van der Waals surface area contributed by atoms with E-state index in [2.05, 4.69) is 12.2 Å². The number of carbonyl (C=O) groups excluding carboxylic acids is 2. The van der Waals surface area contributed by atoms with Crippen LogP contribution >= 0.6 is 11.8 Å². The Hall–Kier alpha value is -1.49. The second kappa shape index (κ2) is 7.39. The number of nitrogens with zero attached hydrogens (tertiary/aromatic N) is 1. The van der Waals surface area contributed by atoms with Gasteiger partial charge in [-0.1, -0.05) is 31.9 Å². The van der Waals surface area contributed by atoms with Gasteiger partial charge >= 0.3 is 0 Å². The van der Waals surface area contributed by atoms with Crippen molar-refractivity contribution in [2.75, 3.05) is 17.2 Å². The van der Waals surface area contributed by atoms with E-state index in [9.17, 15) is 9.59 Å². The van der Waals surface area contributed by atoms with Crippen molar-refractivity contribution < 1.29 is 9.59 Å². The van der Waals surface area contributed by atoms with Crippen LogP contribution in [0.2, 0.25) is 0 Å². The molecule has 5 heteroatoms. The molecule has 1 aromatic rings. The quantitative estimate of drug-likeness (QED) is 0.921. The topological polar surface area (TPSA) is 49.4 Å². The SMILES string of the molecule is C[C@H]1CCCC[C@H]1NC(=O)CCN1C(=O)CSc2ccccc21. The Morgan fingerprint density at radius 2 is 2.09 bits per heavy atom. The first-order valence-corrected chi connectivity index (χ1v) is 9.45. The average molecular weight is 332 g/mol. The number of hydrogen-bond acceptors (Lipinski definition) is 3. The van der Waals surface area contributed by atoms with E-state index in [1.807, 2.05) is 24.3 Å². The first-order chi connectivity index (χ1) is 11.1. The number of carbonyl (C=O) groups is 2. The molecular formula is C18H24N2O2S. The van der Waals surface area contributed by atoms with Gasteiger partial charge in [0.2, 0.25) is 11.8 Å². The van der Waals surface area contributed by atoms with E-state index in [1.165, 1.54) is 19.3 Å². The van der Waals surface area contributed by atoms with E-state index >= 15 is 0 Å². The summed E-state index contributed by atoms with van der Waals surface area (Å²) in [6, 6.07) is 8.21. The highest BCUT2D eigenvalue weighted by atomic mass is 32.2. The molecule has 1 aromatic carbocycles. The summed E-state index contributed by atoms with van der Waals surface area (Å²) in [7, 11) is 0. The molecule has 0 unspecified atom stereocenters. The molecule has 1 N–H and O–H groups in total. The largest absolute Gasteiger partial charge is 0.353 e. The molecule has 2 amide bonds. The van der Waals surface area contributed by atoms with Gasteiger partial charge in [-0.2, -0.15) is 0 Å². The minimum atomic E-state index is 0.0623. The van der Waals surface area contributed by atoms with Crippen LogP contribution < -0.4 is 10.2 Å². The lowest BCUT2D eigenvalue weighted by Gasteiger charge is -2.31. The highest BCUT2D eigenvalue weighted by Gasteiger charge is 2.26. The van der Waals surface area contributed by atoms with Crippen molar-refractivity contribution in [2.24, 2.45) is 5.92 Å². The van der Waals surface area contributed by atoms with Crippen LogP contribution in [0.1, 0.15) is 39.0 Å². The average Bonchev–Trinajstić information content (AvgIpc) is 2.56. The fraction of sp³-hybridized carbons (Fsp3) is 0.556. The van der Waals surface area contributed by atoms with Crippen LogP contribution in [0, 0.1) is 5.92 Å². The van der Waals surface area contributed by atoms with Gasteiger partial charge in [0.25, 0.3) is 0 Å². The third-order valence-corrected chi connectivity index (χ3v) is 5.88. The lowest BCUT2D eigenvalue weighted by Crippen LogP contribution is -2.43. The maximum atomic E-state index is 12.3. The van der Waals surface area contributed by atoms with Gasteiger partial charge in [-0.25, -0.2) is 0 Å². The third kappa shape index (κ3) is 3.89. The van der Waals surface area contributed by atoms with Gasteiger partial charge in [0.15, 0.2) is 0 Å². The fourth-order valence-corrected chi connectivity index (χ4v) is 4.36. The van der Waals surface area contributed by atoms with Crippen molar-refractivity contribution in [1.82, 2.24) is 5.32 Å². The van der Waals surface area contributed by atoms with E-state index in [-0.39, 0.29) is 11.8 Å². The van der Waals surface area contributed by atoms with E-state index in [0.29, 0.717) is 30.7 Å². The first-order valence-electron chi connectivity index (χ1n) is 8.46. The molecule has 3 rings (SSSR count). The van der Waals surface area contributed by atoms with Crippen LogP contribution in [0.4, 0.5) is 5.69 Å². The molecule has 1 heterocycles. The summed E-state index contributed by atoms with van der Waals surface area (Å²) in [5.41, 5.74) is 0.938. The normalized spacial score (nSPS) is 24.2. The lowest BCUT2D eigenvalue weighted by molar-refractivity contribution is -0.122. The van der Waals surface area contributed by atoms with E-state index < -0.39 is 0 Å². The molecule has 1 fully saturated rings. The zero-order chi connectivity index (χ0) is 16.2. The number of thioether (sulfide) groups is 1. The highest BCUT2D eigenvalue weighted by Crippen LogP contribution is 2.34. The number of nitrogens with one attached hydrogen (secondary N) is 1. The summed E-state index contributed by atoms with van der Waals surface area (Å²) in [5, 5.41) is 3.16. The minimum absolute atomic E-state index is 0.0623. The Bertz CT molecular complexity index is 590. The summed E-state index contributed by atoms with van der Waals surface area (Å²) < 4.78 is 0. The molecule has 2 aliphatic rings. The smallest absolute Gasteiger partial charge is 0.237 e. The van der Waals surface area contributed by atoms with Gasteiger partial charge in [0.05, 0.1) is 11.4 Å². The molecule has 0 bridgehead atoms. The summed E-state index contributed by atoms with van der Waals surface area (Å²) in [4.78, 5) is 27.3. The number of anilines is 1. The molecule has 0 aromatic heterocycles. The van der Waals surface area contributed by atoms with Crippen molar-refractivity contribution in [1.29, 1.82) is 0 Å². The zero-order valence-electron chi connectivity index (χ0n) is 13.6. The molecular weight excluding hydrogens is 308 g/mol. The Labute approximate surface area is 142 Å². The van der Waals surface area contributed by atoms with Gasteiger partial charge < -0.3 is 10.2 Å². The highest BCUT2D eigenvalue weighted by molar-refractivity contribution is 8.00. The maximum Gasteiger partial charge on any atom is 0.237 e. The Kier molecular flexibility index (Phi) is 5.26. The van der Waals surface area contributed by atoms with Crippen molar-refractivity contribution >= 4 is 29.3 Å². The van der Waals surface area contributed by atoms with Crippen LogP contribution in [0.25, 0.3) is 0 Å². The van der Waals surface area contributed by atoms with E-state index in [1.54, 1.807) is 16.7 Å². The Morgan fingerprint density at radius 1 is 1.30 bits per heavy atom. The van der Waals surface area contributed by atoms with Crippen LogP contribution in [0.15, 0.2) is 29.2 Å². The second-order valence-corrected chi connectivity index (χ2v) is 7.50. The molecule has 2 atom stereocenters. The van der Waals surface area contributed by atoms with Gasteiger partial charge in [-0.05, 0) is 30.9 Å². The lowest BCUT2D eigenvalue weighted by atomic mass is 9.86. The number of fused-ring (bicyclic) bond motifs is 1. The molecule has 124 valence electrons. The minimum Gasteiger partial charge on any atom is -0.353 e. The van der Waals surface area contributed by atoms with Crippen molar-refractivity contribution in [3.63, 3.8) is 0 Å². The van der Waals surface area contributed by atoms with Crippen molar-refractivity contribution in [2.45, 2.75) is 50.0 Å². The van der Waals surface area contributed by atoms with Crippen LogP contribution in [-0.2, 0) is 9.59 Å². The maximum absolute atomic E-state index is 12.3. The molecule has 0 spiro atoms. The van der Waals surface area contributed by atoms with Gasteiger partial charge in [-0.15, -0.1) is 11.8 Å². The fourth-order valence-electron chi connectivity index (χ4n) is 3.42. The van der Waals surface area contributed by atoms with E-state index in [0.717, 1.165) is 17.0 Å². The molecule has 1 aliphatic heterocycles. The number of amides is 2. The summed E-state index contributed by atoms with van der Waals surface area (Å²) in [6.45, 7) is 2.68. The second-order valence-electron chi connectivity index (χ2n) is 6.49. The van der Waals surface area contributed by atoms with Crippen molar-refractivity contribution in [3.8, 4) is 0 Å². The number of para-hydroxylation sites is 1. The van der Waals surface area contributed by atoms with Crippen LogP contribution in [-0.4, -0.2) is 30.2 Å².